The number of benzene rings is 1. The molecule has 0 bridgehead atoms. The van der Waals surface area contributed by atoms with Crippen molar-refractivity contribution in [2.45, 2.75) is 19.3 Å². The molecule has 0 fully saturated rings. The SMILES string of the molecule is CC(CC=O)c1ccc(Cl)cc1F. The minimum absolute atomic E-state index is 0.0882. The van der Waals surface area contributed by atoms with Gasteiger partial charge in [0.15, 0.2) is 0 Å². The molecule has 1 rings (SSSR count). The lowest BCUT2D eigenvalue weighted by Crippen LogP contribution is -1.97. The number of rotatable bonds is 3. The maximum atomic E-state index is 13.2. The fraction of sp³-hybridized carbons (Fsp3) is 0.300. The molecule has 0 saturated carbocycles. The van der Waals surface area contributed by atoms with Crippen molar-refractivity contribution in [2.75, 3.05) is 0 Å². The first-order chi connectivity index (χ1) is 6.15. The van der Waals surface area contributed by atoms with Crippen LogP contribution in [0.5, 0.6) is 0 Å². The van der Waals surface area contributed by atoms with E-state index in [0.717, 1.165) is 6.29 Å². The Hall–Kier alpha value is -0.890. The molecule has 0 saturated heterocycles. The average Bonchev–Trinajstić information content (AvgIpc) is 2.04. The molecule has 0 aromatic heterocycles. The van der Waals surface area contributed by atoms with E-state index in [2.05, 4.69) is 0 Å². The standard InChI is InChI=1S/C10H10ClFO/c1-7(4-5-13)9-3-2-8(11)6-10(9)12/h2-3,5-7H,4H2,1H3. The van der Waals surface area contributed by atoms with E-state index >= 15 is 0 Å². The van der Waals surface area contributed by atoms with E-state index in [1.54, 1.807) is 19.1 Å². The summed E-state index contributed by atoms with van der Waals surface area (Å²) in [5, 5.41) is 0.375. The lowest BCUT2D eigenvalue weighted by molar-refractivity contribution is -0.108. The van der Waals surface area contributed by atoms with Gasteiger partial charge in [0.1, 0.15) is 12.1 Å². The van der Waals surface area contributed by atoms with E-state index < -0.39 is 0 Å². The van der Waals surface area contributed by atoms with Crippen LogP contribution in [-0.4, -0.2) is 6.29 Å². The van der Waals surface area contributed by atoms with E-state index in [1.165, 1.54) is 6.07 Å². The van der Waals surface area contributed by atoms with Gasteiger partial charge in [-0.25, -0.2) is 4.39 Å². The largest absolute Gasteiger partial charge is 0.303 e. The second-order valence-electron chi connectivity index (χ2n) is 2.97. The molecule has 70 valence electrons. The summed E-state index contributed by atoms with van der Waals surface area (Å²) in [6.07, 6.45) is 1.12. The van der Waals surface area contributed by atoms with Gasteiger partial charge in [-0.15, -0.1) is 0 Å². The van der Waals surface area contributed by atoms with Crippen molar-refractivity contribution in [3.05, 3.63) is 34.6 Å². The van der Waals surface area contributed by atoms with E-state index in [9.17, 15) is 9.18 Å². The smallest absolute Gasteiger partial charge is 0.128 e. The van der Waals surface area contributed by atoms with Crippen molar-refractivity contribution in [3.63, 3.8) is 0 Å². The van der Waals surface area contributed by atoms with Crippen LogP contribution in [0.1, 0.15) is 24.8 Å². The highest BCUT2D eigenvalue weighted by Crippen LogP contribution is 2.23. The molecule has 3 heteroatoms. The summed E-state index contributed by atoms with van der Waals surface area (Å²) in [5.41, 5.74) is 0.538. The molecule has 1 unspecified atom stereocenters. The Kier molecular flexibility index (Phi) is 3.43. The summed E-state index contributed by atoms with van der Waals surface area (Å²) in [7, 11) is 0. The van der Waals surface area contributed by atoms with Crippen molar-refractivity contribution in [2.24, 2.45) is 0 Å². The maximum absolute atomic E-state index is 13.2. The first-order valence-electron chi connectivity index (χ1n) is 4.03. The second kappa shape index (κ2) is 4.38. The molecule has 0 radical (unpaired) electrons. The van der Waals surface area contributed by atoms with Gasteiger partial charge in [-0.05, 0) is 23.6 Å². The number of aldehydes is 1. The Balaban J connectivity index is 2.94. The summed E-state index contributed by atoms with van der Waals surface area (Å²) in [6, 6.07) is 4.51. The molecule has 1 aromatic carbocycles. The van der Waals surface area contributed by atoms with Crippen LogP contribution in [0.15, 0.2) is 18.2 Å². The molecule has 0 N–H and O–H groups in total. The molecule has 0 spiro atoms. The fourth-order valence-electron chi connectivity index (χ4n) is 1.17. The lowest BCUT2D eigenvalue weighted by atomic mass is 9.98. The predicted octanol–water partition coefficient (Wildman–Crippen LogP) is 3.17. The lowest BCUT2D eigenvalue weighted by Gasteiger charge is -2.08. The summed E-state index contributed by atoms with van der Waals surface area (Å²) in [5.74, 6) is -0.434. The quantitative estimate of drug-likeness (QED) is 0.685. The van der Waals surface area contributed by atoms with E-state index in [1.807, 2.05) is 0 Å². The van der Waals surface area contributed by atoms with Crippen molar-refractivity contribution in [1.82, 2.24) is 0 Å². The summed E-state index contributed by atoms with van der Waals surface area (Å²) in [6.45, 7) is 1.81. The van der Waals surface area contributed by atoms with Gasteiger partial charge < -0.3 is 4.79 Å². The third kappa shape index (κ3) is 2.52. The third-order valence-corrected chi connectivity index (χ3v) is 2.18. The van der Waals surface area contributed by atoms with E-state index in [4.69, 9.17) is 11.6 Å². The van der Waals surface area contributed by atoms with Crippen LogP contribution in [0.4, 0.5) is 4.39 Å². The van der Waals surface area contributed by atoms with E-state index in [0.29, 0.717) is 17.0 Å². The minimum Gasteiger partial charge on any atom is -0.303 e. The Morgan fingerprint density at radius 3 is 2.85 bits per heavy atom. The second-order valence-corrected chi connectivity index (χ2v) is 3.41. The zero-order chi connectivity index (χ0) is 9.84. The highest BCUT2D eigenvalue weighted by atomic mass is 35.5. The number of carbonyl (C=O) groups is 1. The van der Waals surface area contributed by atoms with Gasteiger partial charge >= 0.3 is 0 Å². The van der Waals surface area contributed by atoms with Gasteiger partial charge in [-0.1, -0.05) is 24.6 Å². The Morgan fingerprint density at radius 2 is 2.31 bits per heavy atom. The van der Waals surface area contributed by atoms with Crippen LogP contribution in [0.25, 0.3) is 0 Å². The highest BCUT2D eigenvalue weighted by molar-refractivity contribution is 6.30. The van der Waals surface area contributed by atoms with Crippen molar-refractivity contribution < 1.29 is 9.18 Å². The van der Waals surface area contributed by atoms with Gasteiger partial charge in [0.2, 0.25) is 0 Å². The Labute approximate surface area is 81.5 Å². The summed E-state index contributed by atoms with van der Waals surface area (Å²) in [4.78, 5) is 10.2. The zero-order valence-corrected chi connectivity index (χ0v) is 8.01. The molecular formula is C10H10ClFO. The van der Waals surface area contributed by atoms with Crippen LogP contribution >= 0.6 is 11.6 Å². The fourth-order valence-corrected chi connectivity index (χ4v) is 1.33. The number of halogens is 2. The Morgan fingerprint density at radius 1 is 1.62 bits per heavy atom. The highest BCUT2D eigenvalue weighted by Gasteiger charge is 2.10. The monoisotopic (exact) mass is 200 g/mol. The van der Waals surface area contributed by atoms with Crippen molar-refractivity contribution in [1.29, 1.82) is 0 Å². The minimum atomic E-state index is -0.346. The van der Waals surface area contributed by atoms with Gasteiger partial charge in [0.05, 0.1) is 0 Å². The van der Waals surface area contributed by atoms with Gasteiger partial charge in [-0.3, -0.25) is 0 Å². The first kappa shape index (κ1) is 10.2. The third-order valence-electron chi connectivity index (χ3n) is 1.94. The van der Waals surface area contributed by atoms with E-state index in [-0.39, 0.29) is 11.7 Å². The molecular weight excluding hydrogens is 191 g/mol. The van der Waals surface area contributed by atoms with Crippen LogP contribution in [-0.2, 0) is 4.79 Å². The zero-order valence-electron chi connectivity index (χ0n) is 7.26. The van der Waals surface area contributed by atoms with Crippen LogP contribution in [0, 0.1) is 5.82 Å². The van der Waals surface area contributed by atoms with Crippen LogP contribution < -0.4 is 0 Å². The molecule has 0 amide bonds. The van der Waals surface area contributed by atoms with Gasteiger partial charge in [0, 0.05) is 11.4 Å². The summed E-state index contributed by atoms with van der Waals surface area (Å²) < 4.78 is 13.2. The predicted molar refractivity (Wildman–Crippen MR) is 50.5 cm³/mol. The molecule has 0 aliphatic heterocycles. The summed E-state index contributed by atoms with van der Waals surface area (Å²) >= 11 is 5.59. The van der Waals surface area contributed by atoms with Gasteiger partial charge in [0.25, 0.3) is 0 Å². The molecule has 1 aromatic rings. The average molecular weight is 201 g/mol. The number of hydrogen-bond donors (Lipinski definition) is 0. The van der Waals surface area contributed by atoms with Crippen molar-refractivity contribution >= 4 is 17.9 Å². The molecule has 1 nitrogen and oxygen atoms in total. The first-order valence-corrected chi connectivity index (χ1v) is 4.41. The maximum Gasteiger partial charge on any atom is 0.128 e. The normalized spacial score (nSPS) is 12.5. The number of carbonyl (C=O) groups excluding carboxylic acids is 1. The van der Waals surface area contributed by atoms with Crippen LogP contribution in [0.3, 0.4) is 0 Å². The molecule has 1 atom stereocenters. The van der Waals surface area contributed by atoms with Gasteiger partial charge in [-0.2, -0.15) is 0 Å². The molecule has 0 aliphatic rings. The molecule has 0 aliphatic carbocycles. The topological polar surface area (TPSA) is 17.1 Å². The number of hydrogen-bond acceptors (Lipinski definition) is 1. The van der Waals surface area contributed by atoms with Crippen LogP contribution in [0.2, 0.25) is 5.02 Å². The van der Waals surface area contributed by atoms with Crippen molar-refractivity contribution in [3.8, 4) is 0 Å². The Bertz CT molecular complexity index is 312. The molecule has 0 heterocycles. The molecule has 13 heavy (non-hydrogen) atoms.